The number of amides is 1. The zero-order chi connectivity index (χ0) is 23.3. The second kappa shape index (κ2) is 12.6. The van der Waals surface area contributed by atoms with Gasteiger partial charge in [-0.1, -0.05) is 30.3 Å². The molecule has 0 aliphatic carbocycles. The Kier molecular flexibility index (Phi) is 9.60. The molecule has 5 N–H and O–H groups in total. The maximum Gasteiger partial charge on any atom is 0.305 e. The number of hydrogen-bond donors (Lipinski definition) is 5. The first-order valence-corrected chi connectivity index (χ1v) is 9.99. The zero-order valence-electron chi connectivity index (χ0n) is 17.0. The monoisotopic (exact) mass is 457 g/mol. The summed E-state index contributed by atoms with van der Waals surface area (Å²) in [7, 11) is 0. The van der Waals surface area contributed by atoms with Crippen LogP contribution in [0, 0.1) is 0 Å². The summed E-state index contributed by atoms with van der Waals surface area (Å²) in [6, 6.07) is 15.6. The van der Waals surface area contributed by atoms with Crippen LogP contribution in [0.3, 0.4) is 0 Å². The zero-order valence-corrected chi connectivity index (χ0v) is 17.8. The lowest BCUT2D eigenvalue weighted by molar-refractivity contribution is -0.137. The van der Waals surface area contributed by atoms with Crippen molar-refractivity contribution in [1.82, 2.24) is 16.3 Å². The van der Waals surface area contributed by atoms with E-state index in [0.717, 1.165) is 5.56 Å². The van der Waals surface area contributed by atoms with Gasteiger partial charge in [0.25, 0.3) is 5.91 Å². The Bertz CT molecular complexity index is 948. The molecule has 10 nitrogen and oxygen atoms in total. The van der Waals surface area contributed by atoms with Crippen LogP contribution >= 0.6 is 12.2 Å². The average molecular weight is 458 g/mol. The molecular formula is C21H23N5O5S. The number of carboxylic acid groups (broad SMARTS) is 2. The summed E-state index contributed by atoms with van der Waals surface area (Å²) >= 11 is 5.04. The highest BCUT2D eigenvalue weighted by molar-refractivity contribution is 7.80. The van der Waals surface area contributed by atoms with Crippen molar-refractivity contribution in [3.63, 3.8) is 0 Å². The predicted octanol–water partition coefficient (Wildman–Crippen LogP) is 1.59. The SMILES string of the molecule is O=C(O)CCN(CCC(=O)O)c1ccc(C=NNC(=S)NNC(=O)c2ccccc2)cc1. The van der Waals surface area contributed by atoms with E-state index in [1.807, 2.05) is 0 Å². The summed E-state index contributed by atoms with van der Waals surface area (Å²) in [5, 5.41) is 21.9. The van der Waals surface area contributed by atoms with E-state index in [4.69, 9.17) is 22.4 Å². The topological polar surface area (TPSA) is 143 Å². The van der Waals surface area contributed by atoms with E-state index < -0.39 is 11.9 Å². The molecule has 0 fully saturated rings. The molecule has 2 rings (SSSR count). The van der Waals surface area contributed by atoms with Gasteiger partial charge in [-0.15, -0.1) is 0 Å². The van der Waals surface area contributed by atoms with Crippen LogP contribution in [0.2, 0.25) is 0 Å². The van der Waals surface area contributed by atoms with Gasteiger partial charge in [0.05, 0.1) is 19.1 Å². The van der Waals surface area contributed by atoms with E-state index in [0.29, 0.717) is 11.3 Å². The van der Waals surface area contributed by atoms with Gasteiger partial charge in [-0.05, 0) is 42.0 Å². The van der Waals surface area contributed by atoms with Crippen molar-refractivity contribution in [3.05, 3.63) is 65.7 Å². The Labute approximate surface area is 189 Å². The minimum atomic E-state index is -0.954. The van der Waals surface area contributed by atoms with Crippen LogP contribution in [-0.4, -0.2) is 52.5 Å². The van der Waals surface area contributed by atoms with Crippen LogP contribution in [0.25, 0.3) is 0 Å². The van der Waals surface area contributed by atoms with Crippen LogP contribution < -0.4 is 21.2 Å². The van der Waals surface area contributed by atoms with Gasteiger partial charge < -0.3 is 15.1 Å². The molecule has 0 saturated carbocycles. The number of nitrogens with one attached hydrogen (secondary N) is 3. The van der Waals surface area contributed by atoms with Crippen molar-refractivity contribution >= 4 is 47.1 Å². The number of carbonyl (C=O) groups is 3. The Morgan fingerprint density at radius 1 is 0.906 bits per heavy atom. The van der Waals surface area contributed by atoms with Crippen LogP contribution in [0.15, 0.2) is 59.7 Å². The lowest BCUT2D eigenvalue weighted by Gasteiger charge is -2.23. The van der Waals surface area contributed by atoms with Crippen molar-refractivity contribution in [3.8, 4) is 0 Å². The standard InChI is InChI=1S/C21H23N5O5S/c27-18(28)10-12-26(13-11-19(29)30)17-8-6-15(7-9-17)14-22-24-21(32)25-23-20(31)16-4-2-1-3-5-16/h1-9,14H,10-13H2,(H,23,31)(H,27,28)(H,29,30)(H2,24,25,32). The number of thiocarbonyl (C=S) groups is 1. The number of hydrazine groups is 1. The molecule has 0 heterocycles. The minimum absolute atomic E-state index is 0.0932. The van der Waals surface area contributed by atoms with Crippen molar-refractivity contribution < 1.29 is 24.6 Å². The Hall–Kier alpha value is -3.99. The van der Waals surface area contributed by atoms with Crippen molar-refractivity contribution in [1.29, 1.82) is 0 Å². The van der Waals surface area contributed by atoms with Gasteiger partial charge in [0.15, 0.2) is 0 Å². The molecule has 0 aliphatic rings. The van der Waals surface area contributed by atoms with E-state index in [9.17, 15) is 14.4 Å². The van der Waals surface area contributed by atoms with Crippen LogP contribution in [0.5, 0.6) is 0 Å². The summed E-state index contributed by atoms with van der Waals surface area (Å²) in [5.41, 5.74) is 9.48. The summed E-state index contributed by atoms with van der Waals surface area (Å²) in [6.45, 7) is 0.401. The van der Waals surface area contributed by atoms with Crippen molar-refractivity contribution in [2.24, 2.45) is 5.10 Å². The number of benzene rings is 2. The normalized spacial score (nSPS) is 10.4. The van der Waals surface area contributed by atoms with Crippen LogP contribution in [0.4, 0.5) is 5.69 Å². The third kappa shape index (κ3) is 8.79. The third-order valence-corrected chi connectivity index (χ3v) is 4.35. The summed E-state index contributed by atoms with van der Waals surface area (Å²) < 4.78 is 0. The van der Waals surface area contributed by atoms with Gasteiger partial charge in [-0.3, -0.25) is 30.7 Å². The number of carboxylic acids is 2. The number of aliphatic carboxylic acids is 2. The fourth-order valence-electron chi connectivity index (χ4n) is 2.57. The highest BCUT2D eigenvalue weighted by Crippen LogP contribution is 2.16. The molecule has 0 spiro atoms. The fourth-order valence-corrected chi connectivity index (χ4v) is 2.67. The fraction of sp³-hybridized carbons (Fsp3) is 0.190. The number of carbonyl (C=O) groups excluding carboxylic acids is 1. The summed E-state index contributed by atoms with van der Waals surface area (Å²) in [5.74, 6) is -2.25. The lowest BCUT2D eigenvalue weighted by atomic mass is 10.2. The molecule has 0 saturated heterocycles. The van der Waals surface area contributed by atoms with Crippen LogP contribution in [-0.2, 0) is 9.59 Å². The maximum absolute atomic E-state index is 11.9. The quantitative estimate of drug-likeness (QED) is 0.204. The van der Waals surface area contributed by atoms with Crippen molar-refractivity contribution in [2.75, 3.05) is 18.0 Å². The summed E-state index contributed by atoms with van der Waals surface area (Å²) in [4.78, 5) is 35.3. The Morgan fingerprint density at radius 2 is 1.50 bits per heavy atom. The Balaban J connectivity index is 1.85. The second-order valence-electron chi connectivity index (χ2n) is 6.51. The first-order chi connectivity index (χ1) is 15.3. The Morgan fingerprint density at radius 3 is 2.06 bits per heavy atom. The molecule has 2 aromatic rings. The lowest BCUT2D eigenvalue weighted by Crippen LogP contribution is -2.45. The molecule has 32 heavy (non-hydrogen) atoms. The molecule has 0 unspecified atom stereocenters. The van der Waals surface area contributed by atoms with Gasteiger partial charge in [-0.2, -0.15) is 5.10 Å². The van der Waals surface area contributed by atoms with Gasteiger partial charge >= 0.3 is 11.9 Å². The highest BCUT2D eigenvalue weighted by atomic mass is 32.1. The molecule has 11 heteroatoms. The number of rotatable bonds is 10. The van der Waals surface area contributed by atoms with E-state index in [1.165, 1.54) is 6.21 Å². The van der Waals surface area contributed by atoms with E-state index >= 15 is 0 Å². The van der Waals surface area contributed by atoms with Gasteiger partial charge in [-0.25, -0.2) is 0 Å². The molecular weight excluding hydrogens is 434 g/mol. The number of hydrazone groups is 1. The third-order valence-electron chi connectivity index (χ3n) is 4.15. The molecule has 0 aliphatic heterocycles. The van der Waals surface area contributed by atoms with E-state index in [2.05, 4.69) is 21.4 Å². The molecule has 2 aromatic carbocycles. The average Bonchev–Trinajstić information content (AvgIpc) is 2.78. The summed E-state index contributed by atoms with van der Waals surface area (Å²) in [6.07, 6.45) is 1.31. The highest BCUT2D eigenvalue weighted by Gasteiger charge is 2.11. The largest absolute Gasteiger partial charge is 0.481 e. The van der Waals surface area contributed by atoms with Gasteiger partial charge in [0, 0.05) is 24.3 Å². The predicted molar refractivity (Wildman–Crippen MR) is 124 cm³/mol. The van der Waals surface area contributed by atoms with E-state index in [1.54, 1.807) is 59.5 Å². The molecule has 0 aromatic heterocycles. The van der Waals surface area contributed by atoms with Gasteiger partial charge in [0.1, 0.15) is 0 Å². The smallest absolute Gasteiger partial charge is 0.305 e. The molecule has 0 radical (unpaired) electrons. The van der Waals surface area contributed by atoms with E-state index in [-0.39, 0.29) is 37.0 Å². The first-order valence-electron chi connectivity index (χ1n) is 9.58. The molecule has 168 valence electrons. The minimum Gasteiger partial charge on any atom is -0.481 e. The molecule has 0 bridgehead atoms. The first kappa shape index (κ1) is 24.3. The molecule has 0 atom stereocenters. The van der Waals surface area contributed by atoms with Crippen molar-refractivity contribution in [2.45, 2.75) is 12.8 Å². The number of hydrogen-bond acceptors (Lipinski definition) is 6. The van der Waals surface area contributed by atoms with Crippen LogP contribution in [0.1, 0.15) is 28.8 Å². The second-order valence-corrected chi connectivity index (χ2v) is 6.92. The maximum atomic E-state index is 11.9. The number of anilines is 1. The molecule has 1 amide bonds. The van der Waals surface area contributed by atoms with Gasteiger partial charge in [0.2, 0.25) is 5.11 Å². The number of nitrogens with zero attached hydrogens (tertiary/aromatic N) is 2.